The molecule has 140 valence electrons. The Morgan fingerprint density at radius 2 is 1.85 bits per heavy atom. The first-order chi connectivity index (χ1) is 12.9. The smallest absolute Gasteiger partial charge is 0.243 e. The highest BCUT2D eigenvalue weighted by molar-refractivity contribution is 7.89. The van der Waals surface area contributed by atoms with Gasteiger partial charge in [-0.05, 0) is 36.8 Å². The molecule has 0 saturated carbocycles. The highest BCUT2D eigenvalue weighted by Gasteiger charge is 2.34. The molecule has 2 heterocycles. The monoisotopic (exact) mass is 390 g/mol. The second-order valence-electron chi connectivity index (χ2n) is 6.31. The van der Waals surface area contributed by atoms with Gasteiger partial charge in [-0.2, -0.15) is 4.31 Å². The molecule has 1 atom stereocenters. The Balaban J connectivity index is 1.49. The Bertz CT molecular complexity index is 1110. The van der Waals surface area contributed by atoms with Crippen LogP contribution in [-0.2, 0) is 10.0 Å². The third kappa shape index (κ3) is 3.50. The number of fused-ring (bicyclic) bond motifs is 1. The average Bonchev–Trinajstić information content (AvgIpc) is 3.13. The fourth-order valence-electron chi connectivity index (χ4n) is 3.08. The molecule has 0 aliphatic carbocycles. The van der Waals surface area contributed by atoms with E-state index in [2.05, 4.69) is 4.98 Å². The molecule has 8 heteroatoms. The lowest BCUT2D eigenvalue weighted by atomic mass is 10.2. The molecular weight excluding hydrogens is 374 g/mol. The topological polar surface area (TPSA) is 59.5 Å². The van der Waals surface area contributed by atoms with Crippen LogP contribution in [0.15, 0.2) is 59.5 Å². The molecule has 0 amide bonds. The van der Waals surface area contributed by atoms with Crippen molar-refractivity contribution in [2.75, 3.05) is 13.1 Å². The Labute approximate surface area is 155 Å². The maximum atomic E-state index is 13.4. The van der Waals surface area contributed by atoms with Crippen LogP contribution in [0.5, 0.6) is 5.88 Å². The number of benzene rings is 2. The summed E-state index contributed by atoms with van der Waals surface area (Å²) < 4.78 is 58.8. The second kappa shape index (κ2) is 6.86. The van der Waals surface area contributed by atoms with Crippen molar-refractivity contribution in [3.63, 3.8) is 0 Å². The predicted octanol–water partition coefficient (Wildman–Crippen LogP) is 3.36. The second-order valence-corrected chi connectivity index (χ2v) is 8.25. The van der Waals surface area contributed by atoms with Crippen molar-refractivity contribution in [3.05, 3.63) is 66.2 Å². The Morgan fingerprint density at radius 3 is 2.67 bits per heavy atom. The summed E-state index contributed by atoms with van der Waals surface area (Å²) in [6.07, 6.45) is 0.121. The van der Waals surface area contributed by atoms with Gasteiger partial charge in [-0.1, -0.05) is 18.2 Å². The summed E-state index contributed by atoms with van der Waals surface area (Å²) in [4.78, 5) is 4.15. The van der Waals surface area contributed by atoms with Crippen LogP contribution in [0.1, 0.15) is 6.42 Å². The van der Waals surface area contributed by atoms with Gasteiger partial charge in [-0.3, -0.25) is 0 Å². The summed E-state index contributed by atoms with van der Waals surface area (Å²) in [5.74, 6) is -1.85. The molecule has 1 aliphatic rings. The summed E-state index contributed by atoms with van der Waals surface area (Å²) in [5, 5.41) is 0.985. The number of para-hydroxylation sites is 1. The number of hydrogen-bond donors (Lipinski definition) is 0. The molecule has 0 N–H and O–H groups in total. The van der Waals surface area contributed by atoms with Crippen LogP contribution >= 0.6 is 0 Å². The van der Waals surface area contributed by atoms with Crippen LogP contribution in [0.25, 0.3) is 10.9 Å². The van der Waals surface area contributed by atoms with Crippen LogP contribution in [0.2, 0.25) is 0 Å². The number of hydrogen-bond acceptors (Lipinski definition) is 4. The normalized spacial score (nSPS) is 18.1. The van der Waals surface area contributed by atoms with Crippen molar-refractivity contribution in [1.29, 1.82) is 0 Å². The maximum Gasteiger partial charge on any atom is 0.243 e. The molecule has 5 nitrogen and oxygen atoms in total. The summed E-state index contributed by atoms with van der Waals surface area (Å²) in [7, 11) is -3.91. The van der Waals surface area contributed by atoms with Gasteiger partial charge in [0.15, 0.2) is 11.6 Å². The fraction of sp³-hybridized carbons (Fsp3) is 0.211. The summed E-state index contributed by atoms with van der Waals surface area (Å²) in [6, 6.07) is 13.8. The molecule has 4 rings (SSSR count). The van der Waals surface area contributed by atoms with Gasteiger partial charge in [0, 0.05) is 18.0 Å². The largest absolute Gasteiger partial charge is 0.473 e. The zero-order chi connectivity index (χ0) is 19.0. The van der Waals surface area contributed by atoms with E-state index in [1.165, 1.54) is 4.31 Å². The van der Waals surface area contributed by atoms with Crippen molar-refractivity contribution in [1.82, 2.24) is 9.29 Å². The first-order valence-electron chi connectivity index (χ1n) is 8.41. The Kier molecular flexibility index (Phi) is 4.53. The van der Waals surface area contributed by atoms with E-state index in [0.29, 0.717) is 18.4 Å². The zero-order valence-electron chi connectivity index (χ0n) is 14.2. The molecule has 0 bridgehead atoms. The molecule has 1 aliphatic heterocycles. The number of pyridine rings is 1. The van der Waals surface area contributed by atoms with E-state index in [-0.39, 0.29) is 24.1 Å². The van der Waals surface area contributed by atoms with Gasteiger partial charge in [0.2, 0.25) is 15.9 Å². The molecule has 2 aromatic carbocycles. The van der Waals surface area contributed by atoms with E-state index in [1.807, 2.05) is 30.3 Å². The van der Waals surface area contributed by atoms with E-state index in [0.717, 1.165) is 23.0 Å². The SMILES string of the molecule is O=S(=O)(c1ccc(F)c(F)c1)N1CCC(Oc2ccc3ccccc3n2)C1. The highest BCUT2D eigenvalue weighted by Crippen LogP contribution is 2.25. The van der Waals surface area contributed by atoms with Crippen LogP contribution < -0.4 is 4.74 Å². The standard InChI is InChI=1S/C19H16F2N2O3S/c20-16-7-6-15(11-17(16)21)27(24,25)23-10-9-14(12-23)26-19-8-5-13-3-1-2-4-18(13)22-19/h1-8,11,14H,9-10,12H2. The number of rotatable bonds is 4. The highest BCUT2D eigenvalue weighted by atomic mass is 32.2. The lowest BCUT2D eigenvalue weighted by molar-refractivity contribution is 0.207. The zero-order valence-corrected chi connectivity index (χ0v) is 15.0. The number of halogens is 2. The van der Waals surface area contributed by atoms with Crippen LogP contribution in [0.4, 0.5) is 8.78 Å². The molecule has 1 fully saturated rings. The van der Waals surface area contributed by atoms with Gasteiger partial charge in [0.05, 0.1) is 17.0 Å². The lowest BCUT2D eigenvalue weighted by Crippen LogP contribution is -2.31. The van der Waals surface area contributed by atoms with Gasteiger partial charge >= 0.3 is 0 Å². The number of ether oxygens (including phenoxy) is 1. The minimum absolute atomic E-state index is 0.121. The molecule has 3 aromatic rings. The quantitative estimate of drug-likeness (QED) is 0.686. The summed E-state index contributed by atoms with van der Waals surface area (Å²) in [6.45, 7) is 0.357. The van der Waals surface area contributed by atoms with E-state index in [9.17, 15) is 17.2 Å². The van der Waals surface area contributed by atoms with Crippen LogP contribution in [-0.4, -0.2) is 36.9 Å². The van der Waals surface area contributed by atoms with Gasteiger partial charge in [-0.15, -0.1) is 0 Å². The predicted molar refractivity (Wildman–Crippen MR) is 95.9 cm³/mol. The van der Waals surface area contributed by atoms with Crippen molar-refractivity contribution in [3.8, 4) is 5.88 Å². The van der Waals surface area contributed by atoms with Crippen LogP contribution in [0.3, 0.4) is 0 Å². The molecule has 1 unspecified atom stereocenters. The number of nitrogens with zero attached hydrogens (tertiary/aromatic N) is 2. The van der Waals surface area contributed by atoms with E-state index in [4.69, 9.17) is 4.74 Å². The van der Waals surface area contributed by atoms with E-state index in [1.54, 1.807) is 6.07 Å². The molecule has 1 saturated heterocycles. The minimum atomic E-state index is -3.91. The van der Waals surface area contributed by atoms with Crippen molar-refractivity contribution < 1.29 is 21.9 Å². The number of sulfonamides is 1. The lowest BCUT2D eigenvalue weighted by Gasteiger charge is -2.17. The van der Waals surface area contributed by atoms with Gasteiger partial charge in [-0.25, -0.2) is 22.2 Å². The third-order valence-electron chi connectivity index (χ3n) is 4.50. The van der Waals surface area contributed by atoms with Gasteiger partial charge in [0.25, 0.3) is 0 Å². The first kappa shape index (κ1) is 17.8. The van der Waals surface area contributed by atoms with Gasteiger partial charge < -0.3 is 4.74 Å². The Morgan fingerprint density at radius 1 is 1.04 bits per heavy atom. The molecule has 0 spiro atoms. The summed E-state index contributed by atoms with van der Waals surface area (Å²) >= 11 is 0. The summed E-state index contributed by atoms with van der Waals surface area (Å²) in [5.41, 5.74) is 0.791. The Hall–Kier alpha value is -2.58. The average molecular weight is 390 g/mol. The van der Waals surface area contributed by atoms with Crippen LogP contribution in [0, 0.1) is 11.6 Å². The molecule has 1 aromatic heterocycles. The third-order valence-corrected chi connectivity index (χ3v) is 6.36. The minimum Gasteiger partial charge on any atom is -0.473 e. The van der Waals surface area contributed by atoms with E-state index >= 15 is 0 Å². The van der Waals surface area contributed by atoms with Crippen molar-refractivity contribution in [2.24, 2.45) is 0 Å². The molecule has 27 heavy (non-hydrogen) atoms. The molecular formula is C19H16F2N2O3S. The fourth-order valence-corrected chi connectivity index (χ4v) is 4.58. The molecule has 0 radical (unpaired) electrons. The maximum absolute atomic E-state index is 13.4. The number of aromatic nitrogens is 1. The van der Waals surface area contributed by atoms with E-state index < -0.39 is 21.7 Å². The first-order valence-corrected chi connectivity index (χ1v) is 9.85. The van der Waals surface area contributed by atoms with Crippen molar-refractivity contribution >= 4 is 20.9 Å². The van der Waals surface area contributed by atoms with Gasteiger partial charge in [0.1, 0.15) is 6.10 Å². The van der Waals surface area contributed by atoms with Crippen molar-refractivity contribution in [2.45, 2.75) is 17.4 Å².